The summed E-state index contributed by atoms with van der Waals surface area (Å²) in [7, 11) is 0. The molecule has 1 aromatic carbocycles. The Labute approximate surface area is 115 Å². The highest BCUT2D eigenvalue weighted by molar-refractivity contribution is 5.73. The van der Waals surface area contributed by atoms with Gasteiger partial charge in [-0.15, -0.1) is 0 Å². The molecule has 2 amide bonds. The number of benzene rings is 1. The van der Waals surface area contributed by atoms with Crippen LogP contribution in [0, 0.1) is 13.8 Å². The van der Waals surface area contributed by atoms with Gasteiger partial charge in [0, 0.05) is 12.6 Å². The summed E-state index contributed by atoms with van der Waals surface area (Å²) < 4.78 is 5.76. The highest BCUT2D eigenvalue weighted by atomic mass is 16.5. The van der Waals surface area contributed by atoms with Crippen LogP contribution >= 0.6 is 0 Å². The third kappa shape index (κ3) is 5.64. The Morgan fingerprint density at radius 3 is 2.47 bits per heavy atom. The molecular weight excluding hydrogens is 240 g/mol. The van der Waals surface area contributed by atoms with Crippen LogP contribution in [0.25, 0.3) is 0 Å². The smallest absolute Gasteiger partial charge is 0.314 e. The van der Waals surface area contributed by atoms with Crippen LogP contribution in [0.1, 0.15) is 31.4 Å². The standard InChI is InChI=1S/C15H24N2O2/c1-11(2)17-15(18)16-9-6-10-19-14-12(3)7-5-8-13(14)4/h5,7-8,11H,6,9-10H2,1-4H3,(H2,16,17,18). The van der Waals surface area contributed by atoms with Gasteiger partial charge in [-0.1, -0.05) is 18.2 Å². The van der Waals surface area contributed by atoms with Crippen molar-refractivity contribution in [2.24, 2.45) is 0 Å². The minimum atomic E-state index is -0.123. The quantitative estimate of drug-likeness (QED) is 0.776. The molecule has 0 radical (unpaired) electrons. The van der Waals surface area contributed by atoms with Crippen molar-refractivity contribution in [2.75, 3.05) is 13.2 Å². The molecule has 0 aliphatic rings. The van der Waals surface area contributed by atoms with Gasteiger partial charge in [0.05, 0.1) is 6.61 Å². The Morgan fingerprint density at radius 1 is 1.26 bits per heavy atom. The molecule has 0 aliphatic heterocycles. The first-order chi connectivity index (χ1) is 9.00. The summed E-state index contributed by atoms with van der Waals surface area (Å²) in [5.74, 6) is 0.953. The maximum Gasteiger partial charge on any atom is 0.314 e. The van der Waals surface area contributed by atoms with Crippen LogP contribution in [0.2, 0.25) is 0 Å². The van der Waals surface area contributed by atoms with Gasteiger partial charge in [0.2, 0.25) is 0 Å². The van der Waals surface area contributed by atoms with Crippen molar-refractivity contribution in [1.29, 1.82) is 0 Å². The number of ether oxygens (including phenoxy) is 1. The number of hydrogen-bond donors (Lipinski definition) is 2. The van der Waals surface area contributed by atoms with Crippen LogP contribution in [-0.2, 0) is 0 Å². The molecular formula is C15H24N2O2. The number of aryl methyl sites for hydroxylation is 2. The second-order valence-corrected chi connectivity index (χ2v) is 4.98. The molecule has 0 fully saturated rings. The van der Waals surface area contributed by atoms with Crippen LogP contribution in [0.4, 0.5) is 4.79 Å². The highest BCUT2D eigenvalue weighted by Gasteiger charge is 2.03. The molecule has 0 saturated heterocycles. The molecule has 0 aliphatic carbocycles. The average molecular weight is 264 g/mol. The molecule has 1 rings (SSSR count). The summed E-state index contributed by atoms with van der Waals surface area (Å²) in [5.41, 5.74) is 2.29. The molecule has 4 heteroatoms. The fraction of sp³-hybridized carbons (Fsp3) is 0.533. The summed E-state index contributed by atoms with van der Waals surface area (Å²) in [4.78, 5) is 11.3. The highest BCUT2D eigenvalue weighted by Crippen LogP contribution is 2.22. The number of rotatable bonds is 6. The first-order valence-corrected chi connectivity index (χ1v) is 6.74. The third-order valence-corrected chi connectivity index (χ3v) is 2.68. The van der Waals surface area contributed by atoms with Crippen molar-refractivity contribution in [3.8, 4) is 5.75 Å². The van der Waals surface area contributed by atoms with E-state index in [1.165, 1.54) is 0 Å². The van der Waals surface area contributed by atoms with Gasteiger partial charge >= 0.3 is 6.03 Å². The van der Waals surface area contributed by atoms with E-state index in [2.05, 4.69) is 10.6 Å². The first-order valence-electron chi connectivity index (χ1n) is 6.74. The van der Waals surface area contributed by atoms with Crippen LogP contribution in [0.15, 0.2) is 18.2 Å². The number of nitrogens with one attached hydrogen (secondary N) is 2. The van der Waals surface area contributed by atoms with E-state index in [9.17, 15) is 4.79 Å². The molecule has 0 heterocycles. The summed E-state index contributed by atoms with van der Waals surface area (Å²) in [6.07, 6.45) is 0.791. The van der Waals surface area contributed by atoms with E-state index < -0.39 is 0 Å². The lowest BCUT2D eigenvalue weighted by Gasteiger charge is -2.13. The number of hydrogen-bond acceptors (Lipinski definition) is 2. The lowest BCUT2D eigenvalue weighted by molar-refractivity contribution is 0.236. The van der Waals surface area contributed by atoms with Gasteiger partial charge in [-0.05, 0) is 45.2 Å². The van der Waals surface area contributed by atoms with Gasteiger partial charge in [-0.3, -0.25) is 0 Å². The monoisotopic (exact) mass is 264 g/mol. The minimum absolute atomic E-state index is 0.123. The predicted molar refractivity (Wildman–Crippen MR) is 77.7 cm³/mol. The van der Waals surface area contributed by atoms with E-state index in [1.54, 1.807) is 0 Å². The zero-order chi connectivity index (χ0) is 14.3. The average Bonchev–Trinajstić information content (AvgIpc) is 2.31. The Balaban J connectivity index is 2.23. The van der Waals surface area contributed by atoms with Gasteiger partial charge in [-0.2, -0.15) is 0 Å². The fourth-order valence-corrected chi connectivity index (χ4v) is 1.79. The molecule has 4 nitrogen and oxygen atoms in total. The molecule has 0 unspecified atom stereocenters. The van der Waals surface area contributed by atoms with Gasteiger partial charge < -0.3 is 15.4 Å². The van der Waals surface area contributed by atoms with Crippen molar-refractivity contribution in [2.45, 2.75) is 40.2 Å². The Bertz CT molecular complexity index is 396. The minimum Gasteiger partial charge on any atom is -0.493 e. The second kappa shape index (κ2) is 7.67. The normalized spacial score (nSPS) is 10.4. The zero-order valence-corrected chi connectivity index (χ0v) is 12.2. The first kappa shape index (κ1) is 15.3. The number of para-hydroxylation sites is 1. The molecule has 0 atom stereocenters. The summed E-state index contributed by atoms with van der Waals surface area (Å²) in [5, 5.41) is 5.58. The molecule has 0 aromatic heterocycles. The van der Waals surface area contributed by atoms with Crippen molar-refractivity contribution < 1.29 is 9.53 Å². The molecule has 106 valence electrons. The molecule has 0 bridgehead atoms. The number of carbonyl (C=O) groups excluding carboxylic acids is 1. The van der Waals surface area contributed by atoms with E-state index >= 15 is 0 Å². The van der Waals surface area contributed by atoms with Crippen molar-refractivity contribution in [1.82, 2.24) is 10.6 Å². The molecule has 0 saturated carbocycles. The Morgan fingerprint density at radius 2 is 1.89 bits per heavy atom. The van der Waals surface area contributed by atoms with Crippen LogP contribution < -0.4 is 15.4 Å². The lowest BCUT2D eigenvalue weighted by atomic mass is 10.1. The van der Waals surface area contributed by atoms with E-state index in [1.807, 2.05) is 45.9 Å². The molecule has 19 heavy (non-hydrogen) atoms. The predicted octanol–water partition coefficient (Wildman–Crippen LogP) is 2.78. The summed E-state index contributed by atoms with van der Waals surface area (Å²) in [6.45, 7) is 9.16. The SMILES string of the molecule is Cc1cccc(C)c1OCCCNC(=O)NC(C)C. The van der Waals surface area contributed by atoms with Crippen LogP contribution in [-0.4, -0.2) is 25.2 Å². The Kier molecular flexibility index (Phi) is 6.19. The molecule has 1 aromatic rings. The third-order valence-electron chi connectivity index (χ3n) is 2.68. The van der Waals surface area contributed by atoms with Crippen molar-refractivity contribution >= 4 is 6.03 Å². The van der Waals surface area contributed by atoms with E-state index in [0.29, 0.717) is 13.2 Å². The van der Waals surface area contributed by atoms with Gasteiger partial charge in [0.15, 0.2) is 0 Å². The van der Waals surface area contributed by atoms with Crippen molar-refractivity contribution in [3.05, 3.63) is 29.3 Å². The van der Waals surface area contributed by atoms with Gasteiger partial charge in [0.1, 0.15) is 5.75 Å². The zero-order valence-electron chi connectivity index (χ0n) is 12.2. The number of urea groups is 1. The second-order valence-electron chi connectivity index (χ2n) is 4.98. The summed E-state index contributed by atoms with van der Waals surface area (Å²) >= 11 is 0. The van der Waals surface area contributed by atoms with Gasteiger partial charge in [0.25, 0.3) is 0 Å². The molecule has 2 N–H and O–H groups in total. The summed E-state index contributed by atoms with van der Waals surface area (Å²) in [6, 6.07) is 6.13. The number of amides is 2. The fourth-order valence-electron chi connectivity index (χ4n) is 1.79. The van der Waals surface area contributed by atoms with Crippen LogP contribution in [0.3, 0.4) is 0 Å². The van der Waals surface area contributed by atoms with Gasteiger partial charge in [-0.25, -0.2) is 4.79 Å². The van der Waals surface area contributed by atoms with E-state index in [4.69, 9.17) is 4.74 Å². The maximum absolute atomic E-state index is 11.3. The lowest BCUT2D eigenvalue weighted by Crippen LogP contribution is -2.40. The maximum atomic E-state index is 11.3. The largest absolute Gasteiger partial charge is 0.493 e. The van der Waals surface area contributed by atoms with E-state index in [-0.39, 0.29) is 12.1 Å². The molecule has 0 spiro atoms. The Hall–Kier alpha value is -1.71. The topological polar surface area (TPSA) is 50.4 Å². The van der Waals surface area contributed by atoms with Crippen molar-refractivity contribution in [3.63, 3.8) is 0 Å². The van der Waals surface area contributed by atoms with E-state index in [0.717, 1.165) is 23.3 Å². The van der Waals surface area contributed by atoms with Crippen LogP contribution in [0.5, 0.6) is 5.75 Å². The number of carbonyl (C=O) groups is 1.